The van der Waals surface area contributed by atoms with E-state index in [1.165, 1.54) is 6.07 Å². The number of thiocarbonyl (C=S) groups is 1. The molecule has 0 aliphatic carbocycles. The smallest absolute Gasteiger partial charge is 0.174 e. The number of rotatable bonds is 4. The first-order valence-corrected chi connectivity index (χ1v) is 11.5. The summed E-state index contributed by atoms with van der Waals surface area (Å²) in [7, 11) is 0. The van der Waals surface area contributed by atoms with Crippen LogP contribution in [0.15, 0.2) is 77.3 Å². The fourth-order valence-corrected chi connectivity index (χ4v) is 4.84. The second-order valence-corrected chi connectivity index (χ2v) is 9.04. The number of halogens is 3. The zero-order valence-corrected chi connectivity index (χ0v) is 20.0. The fraction of sp³-hybridized carbons (Fsp3) is 0.0833. The molecule has 0 radical (unpaired) electrons. The predicted molar refractivity (Wildman–Crippen MR) is 135 cm³/mol. The summed E-state index contributed by atoms with van der Waals surface area (Å²) in [6.45, 7) is 0. The van der Waals surface area contributed by atoms with Gasteiger partial charge in [-0.05, 0) is 66.8 Å². The summed E-state index contributed by atoms with van der Waals surface area (Å²) >= 11 is 24.5. The van der Waals surface area contributed by atoms with Crippen LogP contribution in [-0.2, 0) is 0 Å². The Hall–Kier alpha value is -2.77. The maximum Gasteiger partial charge on any atom is 0.174 e. The van der Waals surface area contributed by atoms with Crippen LogP contribution in [0, 0.1) is 0 Å². The number of aromatic nitrogens is 1. The lowest BCUT2D eigenvalue weighted by Gasteiger charge is -2.26. The summed E-state index contributed by atoms with van der Waals surface area (Å²) in [4.78, 5) is 6.30. The third-order valence-corrected chi connectivity index (χ3v) is 6.80. The van der Waals surface area contributed by atoms with E-state index >= 15 is 0 Å². The molecule has 2 N–H and O–H groups in total. The molecule has 0 spiro atoms. The van der Waals surface area contributed by atoms with E-state index in [1.807, 2.05) is 42.5 Å². The molecule has 0 saturated carbocycles. The normalized spacial score (nSPS) is 17.9. The van der Waals surface area contributed by atoms with Crippen molar-refractivity contribution < 1.29 is 9.52 Å². The summed E-state index contributed by atoms with van der Waals surface area (Å²) in [5.41, 5.74) is 1.91. The van der Waals surface area contributed by atoms with Crippen LogP contribution in [-0.4, -0.2) is 15.2 Å². The van der Waals surface area contributed by atoms with E-state index in [0.29, 0.717) is 43.0 Å². The molecule has 2 aromatic carbocycles. The summed E-state index contributed by atoms with van der Waals surface area (Å²) in [5, 5.41) is 15.7. The van der Waals surface area contributed by atoms with E-state index in [4.69, 9.17) is 51.4 Å². The largest absolute Gasteiger partial charge is 0.506 e. The van der Waals surface area contributed by atoms with Gasteiger partial charge in [0.2, 0.25) is 0 Å². The zero-order valence-electron chi connectivity index (χ0n) is 16.9. The van der Waals surface area contributed by atoms with Gasteiger partial charge in [-0.25, -0.2) is 0 Å². The lowest BCUT2D eigenvalue weighted by atomic mass is 10.0. The van der Waals surface area contributed by atoms with E-state index in [0.717, 1.165) is 5.69 Å². The van der Waals surface area contributed by atoms with Crippen molar-refractivity contribution in [2.45, 2.75) is 12.1 Å². The Morgan fingerprint density at radius 1 is 1.00 bits per heavy atom. The van der Waals surface area contributed by atoms with Crippen molar-refractivity contribution in [3.63, 3.8) is 0 Å². The molecule has 0 bridgehead atoms. The van der Waals surface area contributed by atoms with Gasteiger partial charge in [-0.15, -0.1) is 0 Å². The van der Waals surface area contributed by atoms with Crippen molar-refractivity contribution in [2.24, 2.45) is 0 Å². The van der Waals surface area contributed by atoms with E-state index < -0.39 is 6.04 Å². The molecule has 9 heteroatoms. The molecule has 3 heterocycles. The number of pyridine rings is 1. The minimum absolute atomic E-state index is 0.0416. The highest BCUT2D eigenvalue weighted by Gasteiger charge is 2.43. The van der Waals surface area contributed by atoms with Gasteiger partial charge in [-0.2, -0.15) is 0 Å². The number of benzene rings is 2. The van der Waals surface area contributed by atoms with E-state index in [1.54, 1.807) is 29.3 Å². The monoisotopic (exact) mass is 515 g/mol. The van der Waals surface area contributed by atoms with Gasteiger partial charge in [-0.1, -0.05) is 46.9 Å². The summed E-state index contributed by atoms with van der Waals surface area (Å²) in [5.74, 6) is 1.20. The standard InChI is InChI=1S/C24H16Cl3N3O2S/c25-13-7-8-18(31)17(12-13)30-23(22(29-24(30)33)16-6-1-2-11-28-16)20-10-9-19(32-20)14-4-3-5-15(26)21(14)27/h1-12,22-23,31H,(H,29,33)/t22-,23+/m0/s1. The van der Waals surface area contributed by atoms with Gasteiger partial charge in [-0.3, -0.25) is 4.98 Å². The lowest BCUT2D eigenvalue weighted by molar-refractivity contribution is 0.434. The predicted octanol–water partition coefficient (Wildman–Crippen LogP) is 7.18. The number of nitrogens with zero attached hydrogens (tertiary/aromatic N) is 2. The van der Waals surface area contributed by atoms with Crippen LogP contribution in [0.3, 0.4) is 0 Å². The van der Waals surface area contributed by atoms with Gasteiger partial charge >= 0.3 is 0 Å². The van der Waals surface area contributed by atoms with Crippen LogP contribution >= 0.6 is 47.0 Å². The molecule has 0 unspecified atom stereocenters. The maximum absolute atomic E-state index is 10.6. The molecule has 1 fully saturated rings. The molecule has 33 heavy (non-hydrogen) atoms. The lowest BCUT2D eigenvalue weighted by Crippen LogP contribution is -2.29. The van der Waals surface area contributed by atoms with Crippen LogP contribution in [0.2, 0.25) is 15.1 Å². The Labute approximate surface area is 210 Å². The molecule has 5 nitrogen and oxygen atoms in total. The molecule has 1 saturated heterocycles. The second-order valence-electron chi connectivity index (χ2n) is 7.43. The Kier molecular flexibility index (Phi) is 5.93. The molecule has 0 amide bonds. The molecule has 2 aromatic heterocycles. The van der Waals surface area contributed by atoms with Gasteiger partial charge in [0.05, 0.1) is 27.5 Å². The minimum atomic E-state index is -0.455. The molecular weight excluding hydrogens is 501 g/mol. The van der Waals surface area contributed by atoms with Gasteiger partial charge in [0.25, 0.3) is 0 Å². The molecule has 166 valence electrons. The fourth-order valence-electron chi connectivity index (χ4n) is 3.94. The Morgan fingerprint density at radius 3 is 2.64 bits per heavy atom. The zero-order chi connectivity index (χ0) is 23.1. The van der Waals surface area contributed by atoms with E-state index in [2.05, 4.69) is 10.3 Å². The highest BCUT2D eigenvalue weighted by Crippen LogP contribution is 2.46. The number of nitrogens with one attached hydrogen (secondary N) is 1. The number of anilines is 1. The second kappa shape index (κ2) is 8.88. The number of aromatic hydroxyl groups is 1. The Balaban J connectivity index is 1.64. The molecule has 4 aromatic rings. The van der Waals surface area contributed by atoms with Crippen LogP contribution < -0.4 is 10.2 Å². The highest BCUT2D eigenvalue weighted by molar-refractivity contribution is 7.80. The van der Waals surface area contributed by atoms with E-state index in [9.17, 15) is 5.11 Å². The number of phenolic OH excluding ortho intramolecular Hbond substituents is 1. The van der Waals surface area contributed by atoms with Crippen molar-refractivity contribution >= 4 is 57.8 Å². The number of hydrogen-bond donors (Lipinski definition) is 2. The van der Waals surface area contributed by atoms with Crippen molar-refractivity contribution in [3.05, 3.63) is 99.4 Å². The summed E-state index contributed by atoms with van der Waals surface area (Å²) in [6.07, 6.45) is 1.72. The molecular formula is C24H16Cl3N3O2S. The number of furan rings is 1. The average Bonchev–Trinajstić information content (AvgIpc) is 3.42. The van der Waals surface area contributed by atoms with Gasteiger partial charge in [0.1, 0.15) is 23.3 Å². The maximum atomic E-state index is 10.6. The number of hydrogen-bond acceptors (Lipinski definition) is 4. The van der Waals surface area contributed by atoms with Crippen LogP contribution in [0.5, 0.6) is 5.75 Å². The molecule has 1 aliphatic heterocycles. The van der Waals surface area contributed by atoms with Gasteiger partial charge < -0.3 is 19.7 Å². The van der Waals surface area contributed by atoms with Gasteiger partial charge in [0, 0.05) is 16.8 Å². The third kappa shape index (κ3) is 4.04. The van der Waals surface area contributed by atoms with E-state index in [-0.39, 0.29) is 11.8 Å². The Bertz CT molecular complexity index is 1350. The first-order chi connectivity index (χ1) is 15.9. The molecule has 1 aliphatic rings. The first-order valence-electron chi connectivity index (χ1n) is 9.97. The van der Waals surface area contributed by atoms with Crippen molar-refractivity contribution in [1.82, 2.24) is 10.3 Å². The number of phenols is 1. The highest BCUT2D eigenvalue weighted by atomic mass is 35.5. The van der Waals surface area contributed by atoms with Crippen molar-refractivity contribution in [2.75, 3.05) is 4.90 Å². The van der Waals surface area contributed by atoms with Crippen LogP contribution in [0.25, 0.3) is 11.3 Å². The molecule has 2 atom stereocenters. The Morgan fingerprint density at radius 2 is 1.85 bits per heavy atom. The third-order valence-electron chi connectivity index (χ3n) is 5.43. The minimum Gasteiger partial charge on any atom is -0.506 e. The molecule has 5 rings (SSSR count). The topological polar surface area (TPSA) is 61.5 Å². The summed E-state index contributed by atoms with van der Waals surface area (Å²) in [6, 6.07) is 18.7. The van der Waals surface area contributed by atoms with Gasteiger partial charge in [0.15, 0.2) is 5.11 Å². The average molecular weight is 517 g/mol. The van der Waals surface area contributed by atoms with Crippen molar-refractivity contribution in [1.29, 1.82) is 0 Å². The van der Waals surface area contributed by atoms with Crippen molar-refractivity contribution in [3.8, 4) is 17.1 Å². The quantitative estimate of drug-likeness (QED) is 0.280. The summed E-state index contributed by atoms with van der Waals surface area (Å²) < 4.78 is 6.28. The van der Waals surface area contributed by atoms with Crippen LogP contribution in [0.4, 0.5) is 5.69 Å². The SMILES string of the molecule is Oc1ccc(Cl)cc1N1C(=S)N[C@@H](c2ccccn2)[C@H]1c1ccc(-c2cccc(Cl)c2Cl)o1. The first kappa shape index (κ1) is 22.0. The van der Waals surface area contributed by atoms with Crippen LogP contribution in [0.1, 0.15) is 23.5 Å².